The van der Waals surface area contributed by atoms with E-state index in [1.165, 1.54) is 12.4 Å². The third-order valence-corrected chi connectivity index (χ3v) is 2.51. The standard InChI is InChI=1S/C8H6Cl2N2O2/c9-4-1-11-2-5(10)7(4)6-3-14-8(13)12-6/h1-2,6H,3H2,(H,12,13)/t6-/m0/s1. The van der Waals surface area contributed by atoms with E-state index in [0.717, 1.165) is 0 Å². The minimum atomic E-state index is -0.459. The number of amides is 1. The highest BCUT2D eigenvalue weighted by Crippen LogP contribution is 2.31. The van der Waals surface area contributed by atoms with Crippen LogP contribution in [0.5, 0.6) is 0 Å². The molecule has 1 aliphatic rings. The maximum absolute atomic E-state index is 10.8. The second-order valence-corrected chi connectivity index (χ2v) is 3.63. The summed E-state index contributed by atoms with van der Waals surface area (Å²) in [6.07, 6.45) is 2.50. The van der Waals surface area contributed by atoms with E-state index in [0.29, 0.717) is 15.6 Å². The van der Waals surface area contributed by atoms with Crippen molar-refractivity contribution in [2.75, 3.05) is 6.61 Å². The minimum absolute atomic E-state index is 0.238. The molecular formula is C8H6Cl2N2O2. The molecule has 1 fully saturated rings. The van der Waals surface area contributed by atoms with Crippen molar-refractivity contribution in [2.45, 2.75) is 6.04 Å². The molecule has 1 amide bonds. The number of ether oxygens (including phenoxy) is 1. The van der Waals surface area contributed by atoms with Gasteiger partial charge in [-0.2, -0.15) is 0 Å². The minimum Gasteiger partial charge on any atom is -0.447 e. The summed E-state index contributed by atoms with van der Waals surface area (Å²) >= 11 is 11.8. The molecule has 0 unspecified atom stereocenters. The number of nitrogens with one attached hydrogen (secondary N) is 1. The molecule has 0 saturated carbocycles. The van der Waals surface area contributed by atoms with Gasteiger partial charge in [0.05, 0.1) is 16.1 Å². The van der Waals surface area contributed by atoms with Crippen molar-refractivity contribution < 1.29 is 9.53 Å². The van der Waals surface area contributed by atoms with E-state index in [1.807, 2.05) is 0 Å². The quantitative estimate of drug-likeness (QED) is 0.808. The molecule has 1 N–H and O–H groups in total. The first kappa shape index (κ1) is 9.55. The Morgan fingerprint density at radius 2 is 2.07 bits per heavy atom. The molecule has 0 aliphatic carbocycles. The number of rotatable bonds is 1. The van der Waals surface area contributed by atoms with Gasteiger partial charge in [-0.25, -0.2) is 4.79 Å². The number of hydrogen-bond acceptors (Lipinski definition) is 3. The Labute approximate surface area is 90.2 Å². The highest BCUT2D eigenvalue weighted by molar-refractivity contribution is 6.35. The SMILES string of the molecule is O=C1N[C@H](c2c(Cl)cncc2Cl)CO1. The summed E-state index contributed by atoms with van der Waals surface area (Å²) in [5.74, 6) is 0. The van der Waals surface area contributed by atoms with Crippen molar-refractivity contribution in [1.82, 2.24) is 10.3 Å². The normalized spacial score (nSPS) is 20.4. The summed E-state index contributed by atoms with van der Waals surface area (Å²) in [6.45, 7) is 0.238. The van der Waals surface area contributed by atoms with E-state index in [-0.39, 0.29) is 12.6 Å². The molecule has 74 valence electrons. The van der Waals surface area contributed by atoms with Crippen LogP contribution in [0.25, 0.3) is 0 Å². The number of hydrogen-bond donors (Lipinski definition) is 1. The van der Waals surface area contributed by atoms with Gasteiger partial charge in [-0.1, -0.05) is 23.2 Å². The molecule has 1 saturated heterocycles. The number of aromatic nitrogens is 1. The van der Waals surface area contributed by atoms with Crippen molar-refractivity contribution >= 4 is 29.3 Å². The smallest absolute Gasteiger partial charge is 0.407 e. The van der Waals surface area contributed by atoms with E-state index in [9.17, 15) is 4.79 Å². The molecule has 14 heavy (non-hydrogen) atoms. The van der Waals surface area contributed by atoms with E-state index < -0.39 is 6.09 Å². The van der Waals surface area contributed by atoms with Crippen LogP contribution in [0, 0.1) is 0 Å². The van der Waals surface area contributed by atoms with Gasteiger partial charge in [0.25, 0.3) is 0 Å². The van der Waals surface area contributed by atoms with Gasteiger partial charge in [0.15, 0.2) is 0 Å². The fourth-order valence-corrected chi connectivity index (χ4v) is 1.92. The molecule has 1 aliphatic heterocycles. The lowest BCUT2D eigenvalue weighted by molar-refractivity contribution is 0.177. The average Bonchev–Trinajstić information content (AvgIpc) is 2.51. The van der Waals surface area contributed by atoms with Crippen molar-refractivity contribution in [1.29, 1.82) is 0 Å². The second kappa shape index (κ2) is 3.63. The predicted molar refractivity (Wildman–Crippen MR) is 51.5 cm³/mol. The molecule has 1 aromatic heterocycles. The number of carbonyl (C=O) groups is 1. The van der Waals surface area contributed by atoms with E-state index in [2.05, 4.69) is 10.3 Å². The van der Waals surface area contributed by atoms with Crippen LogP contribution in [0.3, 0.4) is 0 Å². The molecule has 0 aromatic carbocycles. The molecule has 1 aromatic rings. The van der Waals surface area contributed by atoms with E-state index >= 15 is 0 Å². The Morgan fingerprint density at radius 3 is 2.57 bits per heavy atom. The third kappa shape index (κ3) is 1.63. The number of pyridine rings is 1. The van der Waals surface area contributed by atoms with Gasteiger partial charge < -0.3 is 10.1 Å². The van der Waals surface area contributed by atoms with Gasteiger partial charge in [0.2, 0.25) is 0 Å². The Kier molecular flexibility index (Phi) is 2.48. The molecule has 0 bridgehead atoms. The van der Waals surface area contributed by atoms with Gasteiger partial charge in [0, 0.05) is 18.0 Å². The van der Waals surface area contributed by atoms with Crippen molar-refractivity contribution in [3.63, 3.8) is 0 Å². The summed E-state index contributed by atoms with van der Waals surface area (Å²) in [4.78, 5) is 14.6. The molecule has 0 spiro atoms. The number of carbonyl (C=O) groups excluding carboxylic acids is 1. The highest BCUT2D eigenvalue weighted by Gasteiger charge is 2.27. The fraction of sp³-hybridized carbons (Fsp3) is 0.250. The Hall–Kier alpha value is -1.00. The van der Waals surface area contributed by atoms with E-state index in [4.69, 9.17) is 27.9 Å². The Bertz CT molecular complexity index is 363. The number of cyclic esters (lactones) is 1. The zero-order valence-electron chi connectivity index (χ0n) is 6.96. The van der Waals surface area contributed by atoms with Gasteiger partial charge in [-0.15, -0.1) is 0 Å². The van der Waals surface area contributed by atoms with Gasteiger partial charge in [-0.3, -0.25) is 4.98 Å². The molecule has 4 nitrogen and oxygen atoms in total. The molecule has 6 heteroatoms. The first-order valence-electron chi connectivity index (χ1n) is 3.90. The van der Waals surface area contributed by atoms with Gasteiger partial charge in [-0.05, 0) is 0 Å². The predicted octanol–water partition coefficient (Wildman–Crippen LogP) is 2.17. The zero-order chi connectivity index (χ0) is 10.1. The maximum Gasteiger partial charge on any atom is 0.407 e. The van der Waals surface area contributed by atoms with Crippen molar-refractivity contribution in [2.24, 2.45) is 0 Å². The van der Waals surface area contributed by atoms with Crippen LogP contribution in [0.15, 0.2) is 12.4 Å². The molecule has 2 heterocycles. The second-order valence-electron chi connectivity index (χ2n) is 2.81. The van der Waals surface area contributed by atoms with Crippen LogP contribution in [-0.2, 0) is 4.74 Å². The average molecular weight is 233 g/mol. The van der Waals surface area contributed by atoms with Crippen LogP contribution < -0.4 is 5.32 Å². The maximum atomic E-state index is 10.8. The lowest BCUT2D eigenvalue weighted by Crippen LogP contribution is -2.19. The lowest BCUT2D eigenvalue weighted by atomic mass is 10.1. The summed E-state index contributed by atoms with van der Waals surface area (Å²) in [6, 6.07) is -0.287. The van der Waals surface area contributed by atoms with Crippen LogP contribution in [0.4, 0.5) is 4.79 Å². The van der Waals surface area contributed by atoms with Crippen molar-refractivity contribution in [3.05, 3.63) is 28.0 Å². The topological polar surface area (TPSA) is 51.2 Å². The third-order valence-electron chi connectivity index (χ3n) is 1.91. The molecule has 1 atom stereocenters. The first-order valence-corrected chi connectivity index (χ1v) is 4.66. The van der Waals surface area contributed by atoms with Crippen LogP contribution in [-0.4, -0.2) is 17.7 Å². The molecule has 0 radical (unpaired) electrons. The zero-order valence-corrected chi connectivity index (χ0v) is 8.47. The van der Waals surface area contributed by atoms with Crippen LogP contribution >= 0.6 is 23.2 Å². The Morgan fingerprint density at radius 1 is 1.43 bits per heavy atom. The highest BCUT2D eigenvalue weighted by atomic mass is 35.5. The van der Waals surface area contributed by atoms with Gasteiger partial charge in [0.1, 0.15) is 6.61 Å². The number of nitrogens with zero attached hydrogens (tertiary/aromatic N) is 1. The Balaban J connectivity index is 2.36. The van der Waals surface area contributed by atoms with E-state index in [1.54, 1.807) is 0 Å². The molecule has 2 rings (SSSR count). The number of alkyl carbamates (subject to hydrolysis) is 1. The summed E-state index contributed by atoms with van der Waals surface area (Å²) < 4.78 is 4.74. The number of halogens is 2. The summed E-state index contributed by atoms with van der Waals surface area (Å²) in [5.41, 5.74) is 0.647. The van der Waals surface area contributed by atoms with Gasteiger partial charge >= 0.3 is 6.09 Å². The van der Waals surface area contributed by atoms with Crippen LogP contribution in [0.1, 0.15) is 11.6 Å². The largest absolute Gasteiger partial charge is 0.447 e. The lowest BCUT2D eigenvalue weighted by Gasteiger charge is -2.10. The fourth-order valence-electron chi connectivity index (χ4n) is 1.29. The van der Waals surface area contributed by atoms with Crippen LogP contribution in [0.2, 0.25) is 10.0 Å². The molecular weight excluding hydrogens is 227 g/mol. The summed E-state index contributed by atoms with van der Waals surface area (Å²) in [5, 5.41) is 3.44. The monoisotopic (exact) mass is 232 g/mol. The first-order chi connectivity index (χ1) is 6.68. The van der Waals surface area contributed by atoms with Crippen molar-refractivity contribution in [3.8, 4) is 0 Å². The summed E-state index contributed by atoms with van der Waals surface area (Å²) in [7, 11) is 0.